The molecule has 0 bridgehead atoms. The highest BCUT2D eigenvalue weighted by Gasteiger charge is 2.52. The Balaban J connectivity index is 2.27. The molecule has 0 radical (unpaired) electrons. The van der Waals surface area contributed by atoms with Gasteiger partial charge in [0.25, 0.3) is 0 Å². The molecule has 2 aliphatic rings. The van der Waals surface area contributed by atoms with Crippen LogP contribution in [0.1, 0.15) is 0 Å². The van der Waals surface area contributed by atoms with Crippen molar-refractivity contribution in [2.45, 2.75) is 24.5 Å². The van der Waals surface area contributed by atoms with Gasteiger partial charge in [-0.15, -0.1) is 4.99 Å². The van der Waals surface area contributed by atoms with Gasteiger partial charge in [0.1, 0.15) is 18.0 Å². The number of carbonyl (C=O) groups is 1. The van der Waals surface area contributed by atoms with E-state index in [9.17, 15) is 15.0 Å². The molecule has 2 heterocycles. The zero-order valence-electron chi connectivity index (χ0n) is 9.21. The Bertz CT molecular complexity index is 428. The van der Waals surface area contributed by atoms with Gasteiger partial charge in [-0.25, -0.2) is 4.79 Å². The van der Waals surface area contributed by atoms with Crippen molar-refractivity contribution in [3.05, 3.63) is 12.3 Å². The molecule has 5 atom stereocenters. The molecule has 0 aromatic heterocycles. The predicted molar refractivity (Wildman–Crippen MR) is 61.5 cm³/mol. The Kier molecular flexibility index (Phi) is 3.45. The minimum atomic E-state index is -1.40. The summed E-state index contributed by atoms with van der Waals surface area (Å²) in [6.45, 7) is -0.493. The van der Waals surface area contributed by atoms with Gasteiger partial charge in [0.15, 0.2) is 6.10 Å². The number of ether oxygens (including phenoxy) is 1. The third-order valence-corrected chi connectivity index (χ3v) is 3.37. The van der Waals surface area contributed by atoms with Crippen molar-refractivity contribution in [1.29, 1.82) is 0 Å². The van der Waals surface area contributed by atoms with Crippen molar-refractivity contribution in [1.82, 2.24) is 0 Å². The highest BCUT2D eigenvalue weighted by molar-refractivity contribution is 7.52. The molecule has 5 N–H and O–H groups in total. The molecule has 0 aromatic carbocycles. The average Bonchev–Trinajstić information content (AvgIpc) is 2.62. The van der Waals surface area contributed by atoms with Crippen LogP contribution in [-0.4, -0.2) is 62.2 Å². The molecule has 0 spiro atoms. The second-order valence-corrected chi connectivity index (χ2v) is 4.68. The van der Waals surface area contributed by atoms with E-state index >= 15 is 0 Å². The van der Waals surface area contributed by atoms with E-state index in [-0.39, 0.29) is 5.84 Å². The number of carbonyl (C=O) groups excluding carboxylic acids is 1. The predicted octanol–water partition coefficient (Wildman–Crippen LogP) is -2.29. The molecule has 18 heavy (non-hydrogen) atoms. The second-order valence-electron chi connectivity index (χ2n) is 4.07. The lowest BCUT2D eigenvalue weighted by atomic mass is 10.1. The van der Waals surface area contributed by atoms with Crippen molar-refractivity contribution in [3.63, 3.8) is 0 Å². The quantitative estimate of drug-likeness (QED) is 0.330. The summed E-state index contributed by atoms with van der Waals surface area (Å²) < 4.78 is 4.34. The monoisotopic (exact) mass is 275 g/mol. The normalized spacial score (nSPS) is 44.2. The van der Waals surface area contributed by atoms with Crippen LogP contribution < -0.4 is 5.73 Å². The minimum Gasteiger partial charge on any atom is -0.475 e. The number of aliphatic hydroxyl groups excluding tert-OH is 3. The number of urea groups is 1. The zero-order valence-corrected chi connectivity index (χ0v) is 10.0. The number of rotatable bonds is 2. The first kappa shape index (κ1) is 13.5. The van der Waals surface area contributed by atoms with Gasteiger partial charge in [0.05, 0.1) is 12.8 Å². The highest BCUT2D eigenvalue weighted by Crippen LogP contribution is 2.31. The van der Waals surface area contributed by atoms with Crippen LogP contribution in [0.5, 0.6) is 0 Å². The molecule has 2 aliphatic heterocycles. The maximum atomic E-state index is 11.8. The highest BCUT2D eigenvalue weighted by atomic mass is 32.1. The standard InChI is InChI=1S/C9H13N3O5S/c10-5-1-2-12(18,9(16)11-5)8-7(15)6(14)4(3-13)17-8/h1-2,4,6-8,13-15H,3H2,(H2,10,11,16)/t4-,6-,7-,8-,12?/m1/s1. The number of nitrogens with zero attached hydrogens (tertiary/aromatic N) is 2. The van der Waals surface area contributed by atoms with Gasteiger partial charge < -0.3 is 38.6 Å². The number of nitrogens with two attached hydrogens (primary N) is 1. The van der Waals surface area contributed by atoms with Crippen molar-refractivity contribution in [2.75, 3.05) is 6.61 Å². The van der Waals surface area contributed by atoms with Crippen LogP contribution in [-0.2, 0) is 17.6 Å². The molecule has 0 saturated carbocycles. The molecular formula is C9H13N3O5S. The number of hydrogen-bond acceptors (Lipinski definition) is 7. The third kappa shape index (κ3) is 1.94. The molecule has 1 fully saturated rings. The van der Waals surface area contributed by atoms with E-state index in [1.165, 1.54) is 12.3 Å². The van der Waals surface area contributed by atoms with Gasteiger partial charge in [0.2, 0.25) is 6.23 Å². The van der Waals surface area contributed by atoms with Crippen molar-refractivity contribution in [3.8, 4) is 0 Å². The molecule has 1 saturated heterocycles. The van der Waals surface area contributed by atoms with Gasteiger partial charge in [-0.3, -0.25) is 3.89 Å². The van der Waals surface area contributed by atoms with E-state index in [2.05, 4.69) is 4.99 Å². The lowest BCUT2D eigenvalue weighted by molar-refractivity contribution is -0.722. The molecule has 0 aliphatic carbocycles. The summed E-state index contributed by atoms with van der Waals surface area (Å²) in [6, 6.07) is -0.792. The smallest absolute Gasteiger partial charge is 0.433 e. The lowest BCUT2D eigenvalue weighted by Gasteiger charge is -2.42. The van der Waals surface area contributed by atoms with E-state index in [0.717, 1.165) is 0 Å². The van der Waals surface area contributed by atoms with Gasteiger partial charge in [-0.2, -0.15) is 0 Å². The summed E-state index contributed by atoms with van der Waals surface area (Å²) in [5, 5.41) is 28.4. The topological polar surface area (TPSA) is 125 Å². The number of quaternary nitrogens is 1. The number of amides is 2. The summed E-state index contributed by atoms with van der Waals surface area (Å²) >= 11 is 5.08. The van der Waals surface area contributed by atoms with E-state index < -0.39 is 41.1 Å². The fourth-order valence-electron chi connectivity index (χ4n) is 1.87. The SMILES string of the molecule is NC1=NC(=O)[N+]([S-])([C@@H]2O[C@H](CO)[C@@H](O)[C@H]2O)C=C1. The molecule has 9 heteroatoms. The molecule has 0 aromatic rings. The molecule has 2 amide bonds. The second kappa shape index (κ2) is 4.61. The van der Waals surface area contributed by atoms with E-state index in [4.69, 9.17) is 28.4 Å². The Morgan fingerprint density at radius 3 is 2.67 bits per heavy atom. The minimum absolute atomic E-state index is 0.00495. The fourth-order valence-corrected chi connectivity index (χ4v) is 2.14. The number of amidine groups is 1. The van der Waals surface area contributed by atoms with E-state index in [1.54, 1.807) is 0 Å². The number of aliphatic imine (C=N–C) groups is 1. The number of hydrogen-bond donors (Lipinski definition) is 4. The van der Waals surface area contributed by atoms with Gasteiger partial charge >= 0.3 is 6.03 Å². The first-order valence-corrected chi connectivity index (χ1v) is 5.56. The Morgan fingerprint density at radius 1 is 1.50 bits per heavy atom. The van der Waals surface area contributed by atoms with Gasteiger partial charge in [0, 0.05) is 6.08 Å². The van der Waals surface area contributed by atoms with Crippen LogP contribution in [0.3, 0.4) is 0 Å². The Labute approximate surface area is 108 Å². The third-order valence-electron chi connectivity index (χ3n) is 2.89. The summed E-state index contributed by atoms with van der Waals surface area (Å²) in [4.78, 5) is 15.3. The van der Waals surface area contributed by atoms with Crippen LogP contribution in [0, 0.1) is 0 Å². The van der Waals surface area contributed by atoms with Crippen LogP contribution in [0.4, 0.5) is 4.79 Å². The van der Waals surface area contributed by atoms with E-state index in [1.807, 2.05) is 0 Å². The molecule has 8 nitrogen and oxygen atoms in total. The van der Waals surface area contributed by atoms with Crippen LogP contribution in [0.2, 0.25) is 0 Å². The number of aliphatic hydroxyl groups is 3. The maximum Gasteiger partial charge on any atom is 0.433 e. The first-order chi connectivity index (χ1) is 8.40. The van der Waals surface area contributed by atoms with Crippen molar-refractivity contribution >= 4 is 24.7 Å². The fraction of sp³-hybridized carbons (Fsp3) is 0.556. The zero-order chi connectivity index (χ0) is 13.5. The lowest BCUT2D eigenvalue weighted by Crippen LogP contribution is -2.56. The molecular weight excluding hydrogens is 262 g/mol. The average molecular weight is 275 g/mol. The molecule has 100 valence electrons. The molecule has 2 rings (SSSR count). The summed E-state index contributed by atoms with van der Waals surface area (Å²) in [5.74, 6) is 0.00495. The summed E-state index contributed by atoms with van der Waals surface area (Å²) in [5.41, 5.74) is 5.35. The largest absolute Gasteiger partial charge is 0.475 e. The van der Waals surface area contributed by atoms with Crippen molar-refractivity contribution < 1.29 is 28.7 Å². The summed E-state index contributed by atoms with van der Waals surface area (Å²) in [7, 11) is 0. The molecule has 1 unspecified atom stereocenters. The van der Waals surface area contributed by atoms with E-state index in [0.29, 0.717) is 0 Å². The Hall–Kier alpha value is -0.970. The van der Waals surface area contributed by atoms with Gasteiger partial charge in [-0.05, 0) is 0 Å². The van der Waals surface area contributed by atoms with Crippen LogP contribution >= 0.6 is 0 Å². The van der Waals surface area contributed by atoms with Gasteiger partial charge in [-0.1, -0.05) is 0 Å². The maximum absolute atomic E-state index is 11.8. The van der Waals surface area contributed by atoms with Crippen molar-refractivity contribution in [2.24, 2.45) is 10.7 Å². The first-order valence-electron chi connectivity index (χ1n) is 5.20. The van der Waals surface area contributed by atoms with Crippen LogP contribution in [0.25, 0.3) is 0 Å². The summed E-state index contributed by atoms with van der Waals surface area (Å²) in [6.07, 6.45) is -2.35. The Morgan fingerprint density at radius 2 is 2.17 bits per heavy atom. The van der Waals surface area contributed by atoms with Crippen LogP contribution in [0.15, 0.2) is 17.3 Å².